The average Bonchev–Trinajstić information content (AvgIpc) is 3.05. The van der Waals surface area contributed by atoms with E-state index in [2.05, 4.69) is 32.7 Å². The second-order valence-corrected chi connectivity index (χ2v) is 6.26. The molecule has 0 N–H and O–H groups in total. The summed E-state index contributed by atoms with van der Waals surface area (Å²) in [5, 5.41) is 0. The van der Waals surface area contributed by atoms with Crippen molar-refractivity contribution in [3.63, 3.8) is 0 Å². The van der Waals surface area contributed by atoms with E-state index in [1.807, 2.05) is 47.8 Å². The van der Waals surface area contributed by atoms with Gasteiger partial charge in [0.15, 0.2) is 0 Å². The van der Waals surface area contributed by atoms with Crippen LogP contribution < -0.4 is 0 Å². The van der Waals surface area contributed by atoms with E-state index >= 15 is 0 Å². The van der Waals surface area contributed by atoms with Gasteiger partial charge in [0.2, 0.25) is 0 Å². The minimum absolute atomic E-state index is 0.0124. The summed E-state index contributed by atoms with van der Waals surface area (Å²) in [6.45, 7) is 0.651. The van der Waals surface area contributed by atoms with Crippen molar-refractivity contribution in [1.29, 1.82) is 0 Å². The van der Waals surface area contributed by atoms with Crippen molar-refractivity contribution in [3.05, 3.63) is 59.8 Å². The molecule has 0 bridgehead atoms. The minimum atomic E-state index is 0.0124. The topological polar surface area (TPSA) is 41.4 Å². The van der Waals surface area contributed by atoms with Crippen molar-refractivity contribution >= 4 is 32.2 Å². The number of imidazole rings is 1. The Morgan fingerprint density at radius 1 is 1.22 bits per heavy atom. The van der Waals surface area contributed by atoms with Gasteiger partial charge in [-0.2, -0.15) is 0 Å². The molecule has 1 aliphatic rings. The number of amides is 1. The molecule has 3 rings (SSSR count). The Hall–Kier alpha value is -2.17. The fourth-order valence-corrected chi connectivity index (χ4v) is 3.11. The van der Waals surface area contributed by atoms with Gasteiger partial charge in [0, 0.05) is 0 Å². The van der Waals surface area contributed by atoms with Crippen LogP contribution in [0, 0.1) is 0 Å². The van der Waals surface area contributed by atoms with Gasteiger partial charge >= 0.3 is 143 Å². The molecular formula is C17H18N4OSe. The van der Waals surface area contributed by atoms with Crippen molar-refractivity contribution in [2.45, 2.75) is 6.42 Å². The molecule has 1 aliphatic heterocycles. The molecule has 0 unspecified atom stereocenters. The quantitative estimate of drug-likeness (QED) is 0.594. The summed E-state index contributed by atoms with van der Waals surface area (Å²) in [6, 6.07) is 10.2. The molecule has 1 aromatic heterocycles. The monoisotopic (exact) mass is 374 g/mol. The molecule has 2 aromatic rings. The first kappa shape index (κ1) is 15.7. The molecule has 23 heavy (non-hydrogen) atoms. The molecule has 1 fully saturated rings. The Bertz CT molecular complexity index is 766. The van der Waals surface area contributed by atoms with Crippen LogP contribution >= 0.6 is 0 Å². The van der Waals surface area contributed by atoms with Crippen LogP contribution in [0.4, 0.5) is 0 Å². The molecule has 0 aliphatic carbocycles. The number of aromatic nitrogens is 2. The molecule has 1 saturated heterocycles. The number of hydrogen-bond acceptors (Lipinski definition) is 3. The van der Waals surface area contributed by atoms with Crippen LogP contribution in [0.1, 0.15) is 11.3 Å². The third-order valence-electron chi connectivity index (χ3n) is 3.95. The van der Waals surface area contributed by atoms with Gasteiger partial charge in [0.1, 0.15) is 0 Å². The summed E-state index contributed by atoms with van der Waals surface area (Å²) in [7, 11) is 3.81. The van der Waals surface area contributed by atoms with E-state index in [1.165, 1.54) is 5.56 Å². The molecule has 2 heterocycles. The van der Waals surface area contributed by atoms with E-state index < -0.39 is 0 Å². The Morgan fingerprint density at radius 2 is 1.96 bits per heavy atom. The Balaban J connectivity index is 1.78. The number of nitrogens with zero attached hydrogens (tertiary/aromatic N) is 4. The third-order valence-corrected chi connectivity index (χ3v) is 4.99. The number of carbonyl (C=O) groups excluding carboxylic acids is 1. The van der Waals surface area contributed by atoms with Crippen LogP contribution in [0.3, 0.4) is 0 Å². The van der Waals surface area contributed by atoms with Crippen molar-refractivity contribution in [2.24, 2.45) is 7.05 Å². The molecule has 6 heteroatoms. The normalized spacial score (nSPS) is 16.7. The molecule has 0 spiro atoms. The molecule has 0 saturated carbocycles. The standard InChI is InChI=1S/C17H18N4OSe/c1-19-12-18-11-14(19)10-15-16(22)21(17(23)20(15)2)9-8-13-6-4-3-5-7-13/h3-7,10-12H,8-9H2,1-2H3/b15-10+. The first-order valence-corrected chi connectivity index (χ1v) is 8.25. The number of aryl methyl sites for hydroxylation is 1. The first-order chi connectivity index (χ1) is 11.1. The summed E-state index contributed by atoms with van der Waals surface area (Å²) in [4.78, 5) is 20.5. The van der Waals surface area contributed by atoms with Gasteiger partial charge < -0.3 is 0 Å². The molecular weight excluding hydrogens is 355 g/mol. The zero-order valence-electron chi connectivity index (χ0n) is 13.1. The van der Waals surface area contributed by atoms with Crippen LogP contribution in [0.15, 0.2) is 48.6 Å². The molecule has 5 nitrogen and oxygen atoms in total. The molecule has 0 atom stereocenters. The van der Waals surface area contributed by atoms with E-state index in [-0.39, 0.29) is 5.91 Å². The number of carbonyl (C=O) groups is 1. The Morgan fingerprint density at radius 3 is 2.61 bits per heavy atom. The third kappa shape index (κ3) is 3.14. The van der Waals surface area contributed by atoms with Gasteiger partial charge in [-0.1, -0.05) is 0 Å². The van der Waals surface area contributed by atoms with Crippen molar-refractivity contribution in [3.8, 4) is 0 Å². The first-order valence-electron chi connectivity index (χ1n) is 7.39. The van der Waals surface area contributed by atoms with Gasteiger partial charge in [-0.3, -0.25) is 0 Å². The fourth-order valence-electron chi connectivity index (χ4n) is 2.54. The predicted molar refractivity (Wildman–Crippen MR) is 91.6 cm³/mol. The van der Waals surface area contributed by atoms with Gasteiger partial charge in [0.05, 0.1) is 0 Å². The molecule has 118 valence electrons. The van der Waals surface area contributed by atoms with Crippen LogP contribution in [0.25, 0.3) is 6.08 Å². The van der Waals surface area contributed by atoms with Crippen LogP contribution in [0.5, 0.6) is 0 Å². The zero-order valence-corrected chi connectivity index (χ0v) is 14.9. The van der Waals surface area contributed by atoms with Crippen LogP contribution in [0.2, 0.25) is 0 Å². The van der Waals surface area contributed by atoms with Gasteiger partial charge in [0.25, 0.3) is 0 Å². The zero-order chi connectivity index (χ0) is 16.4. The van der Waals surface area contributed by atoms with Gasteiger partial charge in [-0.25, -0.2) is 0 Å². The van der Waals surface area contributed by atoms with Crippen molar-refractivity contribution in [1.82, 2.24) is 19.4 Å². The Labute approximate surface area is 143 Å². The second-order valence-electron chi connectivity index (χ2n) is 5.49. The van der Waals surface area contributed by atoms with E-state index in [0.29, 0.717) is 12.2 Å². The fraction of sp³-hybridized carbons (Fsp3) is 0.235. The van der Waals surface area contributed by atoms with E-state index in [0.717, 1.165) is 16.8 Å². The summed E-state index contributed by atoms with van der Waals surface area (Å²) >= 11 is 3.01. The maximum atomic E-state index is 12.7. The molecule has 0 radical (unpaired) electrons. The van der Waals surface area contributed by atoms with Gasteiger partial charge in [-0.05, 0) is 0 Å². The number of rotatable bonds is 4. The van der Waals surface area contributed by atoms with Crippen LogP contribution in [-0.4, -0.2) is 59.1 Å². The van der Waals surface area contributed by atoms with Crippen LogP contribution in [-0.2, 0) is 18.3 Å². The average molecular weight is 373 g/mol. The second kappa shape index (κ2) is 6.52. The van der Waals surface area contributed by atoms with Crippen molar-refractivity contribution in [2.75, 3.05) is 13.6 Å². The Kier molecular flexibility index (Phi) is 4.46. The van der Waals surface area contributed by atoms with Gasteiger partial charge in [-0.15, -0.1) is 0 Å². The summed E-state index contributed by atoms with van der Waals surface area (Å²) in [6.07, 6.45) is 6.17. The maximum absolute atomic E-state index is 12.7. The summed E-state index contributed by atoms with van der Waals surface area (Å²) < 4.78 is 2.72. The predicted octanol–water partition coefficient (Wildman–Crippen LogP) is 1.03. The van der Waals surface area contributed by atoms with E-state index in [9.17, 15) is 4.79 Å². The summed E-state index contributed by atoms with van der Waals surface area (Å²) in [5.41, 5.74) is 2.77. The SMILES string of the molecule is CN1C(=[Se])N(CCc2ccccc2)C(=O)/C1=C\c1cncn1C. The number of hydrogen-bond donors (Lipinski definition) is 0. The van der Waals surface area contributed by atoms with E-state index in [4.69, 9.17) is 0 Å². The summed E-state index contributed by atoms with van der Waals surface area (Å²) in [5.74, 6) is 0.0124. The van der Waals surface area contributed by atoms with E-state index in [1.54, 1.807) is 17.4 Å². The van der Waals surface area contributed by atoms with Crippen molar-refractivity contribution < 1.29 is 4.79 Å². The number of likely N-dealkylation sites (N-methyl/N-ethyl adjacent to an activating group) is 1. The number of benzene rings is 1. The molecule has 1 amide bonds. The molecule has 1 aromatic carbocycles.